The van der Waals surface area contributed by atoms with E-state index in [-0.39, 0.29) is 18.6 Å². The molecule has 1 spiro atoms. The molecule has 2 bridgehead atoms. The van der Waals surface area contributed by atoms with E-state index in [2.05, 4.69) is 10.5 Å². The molecule has 2 aromatic rings. The molecule has 9 nitrogen and oxygen atoms in total. The number of hydrogen-bond acceptors (Lipinski definition) is 7. The molecule has 0 aliphatic carbocycles. The van der Waals surface area contributed by atoms with Crippen LogP contribution in [0.3, 0.4) is 0 Å². The zero-order chi connectivity index (χ0) is 20.5. The smallest absolute Gasteiger partial charge is 0.235 e. The van der Waals surface area contributed by atoms with Crippen molar-refractivity contribution in [2.24, 2.45) is 11.8 Å². The summed E-state index contributed by atoms with van der Waals surface area (Å²) in [5.74, 6) is 0.872. The van der Waals surface area contributed by atoms with Crippen LogP contribution in [0.15, 0.2) is 40.9 Å². The zero-order valence-corrected chi connectivity index (χ0v) is 16.2. The van der Waals surface area contributed by atoms with E-state index in [1.807, 2.05) is 30.4 Å². The summed E-state index contributed by atoms with van der Waals surface area (Å²) < 4.78 is 21.9. The number of hydrogen-bond donors (Lipinski definition) is 1. The number of aryl methyl sites for hydroxylation is 1. The van der Waals surface area contributed by atoms with Crippen molar-refractivity contribution in [2.45, 2.75) is 25.2 Å². The summed E-state index contributed by atoms with van der Waals surface area (Å²) in [5, 5.41) is 6.91. The predicted octanol–water partition coefficient (Wildman–Crippen LogP) is 1.31. The van der Waals surface area contributed by atoms with Gasteiger partial charge in [0.05, 0.1) is 24.5 Å². The summed E-state index contributed by atoms with van der Waals surface area (Å²) in [6.45, 7) is 2.61. The molecular formula is C21H19N3O6. The van der Waals surface area contributed by atoms with Crippen LogP contribution in [-0.4, -0.2) is 42.0 Å². The van der Waals surface area contributed by atoms with Crippen LogP contribution >= 0.6 is 0 Å². The van der Waals surface area contributed by atoms with Crippen LogP contribution in [0.5, 0.6) is 11.5 Å². The number of nitrogens with zero attached hydrogens (tertiary/aromatic N) is 2. The number of carbonyl (C=O) groups excluding carboxylic acids is 2. The first kappa shape index (κ1) is 17.5. The summed E-state index contributed by atoms with van der Waals surface area (Å²) in [7, 11) is 0. The van der Waals surface area contributed by atoms with Crippen molar-refractivity contribution in [1.82, 2.24) is 10.5 Å². The number of nitrogens with one attached hydrogen (secondary N) is 1. The van der Waals surface area contributed by atoms with Gasteiger partial charge in [0.1, 0.15) is 11.4 Å². The van der Waals surface area contributed by atoms with Gasteiger partial charge in [0.15, 0.2) is 17.3 Å². The third kappa shape index (κ3) is 2.41. The fourth-order valence-electron chi connectivity index (χ4n) is 4.83. The molecular weight excluding hydrogens is 390 g/mol. The molecule has 2 amide bonds. The maximum Gasteiger partial charge on any atom is 0.235 e. The molecule has 2 saturated heterocycles. The van der Waals surface area contributed by atoms with Gasteiger partial charge in [-0.2, -0.15) is 0 Å². The van der Waals surface area contributed by atoms with Crippen molar-refractivity contribution in [3.8, 4) is 11.5 Å². The minimum atomic E-state index is -0.796. The summed E-state index contributed by atoms with van der Waals surface area (Å²) in [6, 6.07) is 7.25. The monoisotopic (exact) mass is 409 g/mol. The molecule has 6 rings (SSSR count). The fourth-order valence-corrected chi connectivity index (χ4v) is 4.83. The van der Waals surface area contributed by atoms with E-state index < -0.39 is 23.5 Å². The molecule has 154 valence electrons. The highest BCUT2D eigenvalue weighted by Gasteiger charge is 2.67. The van der Waals surface area contributed by atoms with Gasteiger partial charge < -0.3 is 24.1 Å². The van der Waals surface area contributed by atoms with Crippen molar-refractivity contribution in [2.75, 3.05) is 18.2 Å². The van der Waals surface area contributed by atoms with Crippen molar-refractivity contribution >= 4 is 17.6 Å². The van der Waals surface area contributed by atoms with Gasteiger partial charge in [-0.3, -0.25) is 14.5 Å². The number of aromatic nitrogens is 1. The van der Waals surface area contributed by atoms with Crippen molar-refractivity contribution < 1.29 is 28.3 Å². The molecule has 0 saturated carbocycles. The number of benzene rings is 1. The highest BCUT2D eigenvalue weighted by molar-refractivity contribution is 6.02. The lowest BCUT2D eigenvalue weighted by Crippen LogP contribution is -2.44. The molecule has 0 radical (unpaired) electrons. The van der Waals surface area contributed by atoms with Crippen molar-refractivity contribution in [3.05, 3.63) is 47.7 Å². The van der Waals surface area contributed by atoms with E-state index in [0.29, 0.717) is 36.2 Å². The van der Waals surface area contributed by atoms with Crippen LogP contribution in [0, 0.1) is 18.8 Å². The Balaban J connectivity index is 1.21. The minimum Gasteiger partial charge on any atom is -0.454 e. The Labute approximate surface area is 171 Å². The number of anilines is 1. The van der Waals surface area contributed by atoms with E-state index in [1.54, 1.807) is 17.9 Å². The van der Waals surface area contributed by atoms with Gasteiger partial charge in [-0.15, -0.1) is 0 Å². The topological polar surface area (TPSA) is 103 Å². The average molecular weight is 409 g/mol. The molecule has 2 fully saturated rings. The summed E-state index contributed by atoms with van der Waals surface area (Å²) in [4.78, 5) is 27.9. The number of rotatable bonds is 4. The highest BCUT2D eigenvalue weighted by atomic mass is 16.7. The summed E-state index contributed by atoms with van der Waals surface area (Å²) in [5.41, 5.74) is 0.0920. The lowest BCUT2D eigenvalue weighted by molar-refractivity contribution is -0.132. The first-order valence-electron chi connectivity index (χ1n) is 9.82. The largest absolute Gasteiger partial charge is 0.454 e. The Morgan fingerprint density at radius 3 is 3.00 bits per heavy atom. The second-order valence-electron chi connectivity index (χ2n) is 8.03. The maximum absolute atomic E-state index is 13.2. The number of amides is 2. The molecule has 5 heterocycles. The van der Waals surface area contributed by atoms with Crippen LogP contribution in [0.4, 0.5) is 5.82 Å². The molecule has 9 heteroatoms. The molecule has 4 atom stereocenters. The van der Waals surface area contributed by atoms with Gasteiger partial charge in [0.25, 0.3) is 0 Å². The quantitative estimate of drug-likeness (QED) is 0.760. The van der Waals surface area contributed by atoms with E-state index >= 15 is 0 Å². The summed E-state index contributed by atoms with van der Waals surface area (Å²) >= 11 is 0. The molecule has 4 unspecified atom stereocenters. The lowest BCUT2D eigenvalue weighted by Gasteiger charge is -2.23. The third-order valence-corrected chi connectivity index (χ3v) is 6.20. The van der Waals surface area contributed by atoms with Gasteiger partial charge in [-0.05, 0) is 24.6 Å². The Hall–Kier alpha value is -3.33. The fraction of sp³-hybridized carbons (Fsp3) is 0.381. The number of ether oxygens (including phenoxy) is 3. The Morgan fingerprint density at radius 2 is 2.17 bits per heavy atom. The van der Waals surface area contributed by atoms with Crippen LogP contribution in [-0.2, 0) is 20.9 Å². The number of fused-ring (bicyclic) bond motifs is 2. The third-order valence-electron chi connectivity index (χ3n) is 6.20. The van der Waals surface area contributed by atoms with E-state index in [4.69, 9.17) is 18.7 Å². The maximum atomic E-state index is 13.2. The SMILES string of the molecule is Cc1cc(N2CC34C=CC(O3)C(C(=O)NCc3ccc5c(c3)OCO5)C4C2=O)no1. The number of carbonyl (C=O) groups is 2. The zero-order valence-electron chi connectivity index (χ0n) is 16.2. The molecule has 30 heavy (non-hydrogen) atoms. The van der Waals surface area contributed by atoms with Gasteiger partial charge in [-0.25, -0.2) is 0 Å². The normalized spacial score (nSPS) is 30.2. The molecule has 4 aliphatic heterocycles. The van der Waals surface area contributed by atoms with Gasteiger partial charge >= 0.3 is 0 Å². The van der Waals surface area contributed by atoms with Gasteiger partial charge in [0.2, 0.25) is 18.6 Å². The van der Waals surface area contributed by atoms with E-state index in [1.165, 1.54) is 0 Å². The molecule has 1 aromatic carbocycles. The molecule has 1 N–H and O–H groups in total. The standard InChI is InChI=1S/C21H19N3O6/c1-11-6-16(23-30-11)24-9-21-5-4-14(29-21)17(18(21)20(24)26)19(25)22-8-12-2-3-13-15(7-12)28-10-27-13/h2-7,14,17-18H,8-10H2,1H3,(H,22,25). The Bertz CT molecular complexity index is 1090. The van der Waals surface area contributed by atoms with Crippen LogP contribution < -0.4 is 19.7 Å². The van der Waals surface area contributed by atoms with Crippen molar-refractivity contribution in [1.29, 1.82) is 0 Å². The molecule has 4 aliphatic rings. The van der Waals surface area contributed by atoms with E-state index in [0.717, 1.165) is 5.56 Å². The van der Waals surface area contributed by atoms with Crippen molar-refractivity contribution in [3.63, 3.8) is 0 Å². The predicted molar refractivity (Wildman–Crippen MR) is 102 cm³/mol. The van der Waals surface area contributed by atoms with E-state index in [9.17, 15) is 9.59 Å². The van der Waals surface area contributed by atoms with Crippen LogP contribution in [0.2, 0.25) is 0 Å². The minimum absolute atomic E-state index is 0.168. The summed E-state index contributed by atoms with van der Waals surface area (Å²) in [6.07, 6.45) is 3.39. The van der Waals surface area contributed by atoms with Crippen LogP contribution in [0.25, 0.3) is 0 Å². The lowest BCUT2D eigenvalue weighted by atomic mass is 9.77. The highest BCUT2D eigenvalue weighted by Crippen LogP contribution is 2.52. The second kappa shape index (κ2) is 6.09. The van der Waals surface area contributed by atoms with Gasteiger partial charge in [0, 0.05) is 12.6 Å². The Morgan fingerprint density at radius 1 is 1.30 bits per heavy atom. The van der Waals surface area contributed by atoms with Crippen LogP contribution in [0.1, 0.15) is 11.3 Å². The first-order valence-corrected chi connectivity index (χ1v) is 9.82. The Kier molecular flexibility index (Phi) is 3.55. The second-order valence-corrected chi connectivity index (χ2v) is 8.03. The average Bonchev–Trinajstić information content (AvgIpc) is 3.53. The molecule has 1 aromatic heterocycles. The first-order chi connectivity index (χ1) is 14.5. The van der Waals surface area contributed by atoms with Gasteiger partial charge in [-0.1, -0.05) is 23.4 Å².